The van der Waals surface area contributed by atoms with Crippen LogP contribution in [0.3, 0.4) is 0 Å². The van der Waals surface area contributed by atoms with Crippen LogP contribution in [0.4, 0.5) is 5.82 Å². The molecule has 0 unspecified atom stereocenters. The normalized spacial score (nSPS) is 15.0. The predicted octanol–water partition coefficient (Wildman–Crippen LogP) is 2.67. The highest BCUT2D eigenvalue weighted by Gasteiger charge is 2.29. The third-order valence-electron chi connectivity index (χ3n) is 5.28. The molecule has 1 saturated heterocycles. The highest BCUT2D eigenvalue weighted by molar-refractivity contribution is 7.89. The van der Waals surface area contributed by atoms with E-state index in [0.29, 0.717) is 37.7 Å². The Morgan fingerprint density at radius 3 is 2.23 bits per heavy atom. The first kappa shape index (κ1) is 21.1. The molecule has 0 amide bonds. The lowest BCUT2D eigenvalue weighted by Crippen LogP contribution is -2.48. The first-order valence-corrected chi connectivity index (χ1v) is 11.3. The standard InChI is InChI=1S/C22H24N4O4S/c1-29-20-9-8-18(14-21(20)30-2)31(27,28)26-12-10-25(11-13-26)22-15-19(23-16-24-22)17-6-4-3-5-7-17/h3-9,14-16H,10-13H2,1-2H3. The van der Waals surface area contributed by atoms with Gasteiger partial charge >= 0.3 is 0 Å². The molecule has 4 rings (SSSR count). The molecule has 0 bridgehead atoms. The zero-order chi connectivity index (χ0) is 21.8. The number of hydrogen-bond acceptors (Lipinski definition) is 7. The van der Waals surface area contributed by atoms with Crippen molar-refractivity contribution in [2.24, 2.45) is 0 Å². The minimum absolute atomic E-state index is 0.187. The molecule has 0 aliphatic carbocycles. The molecule has 1 aliphatic heterocycles. The fourth-order valence-electron chi connectivity index (χ4n) is 3.57. The van der Waals surface area contributed by atoms with Crippen LogP contribution in [0.25, 0.3) is 11.3 Å². The van der Waals surface area contributed by atoms with Crippen LogP contribution in [-0.2, 0) is 10.0 Å². The van der Waals surface area contributed by atoms with Crippen molar-refractivity contribution >= 4 is 15.8 Å². The van der Waals surface area contributed by atoms with Gasteiger partial charge in [-0.1, -0.05) is 30.3 Å². The first-order chi connectivity index (χ1) is 15.0. The molecule has 0 radical (unpaired) electrons. The average Bonchev–Trinajstić information content (AvgIpc) is 2.84. The van der Waals surface area contributed by atoms with Crippen molar-refractivity contribution in [1.29, 1.82) is 0 Å². The Morgan fingerprint density at radius 1 is 0.839 bits per heavy atom. The largest absolute Gasteiger partial charge is 0.493 e. The number of methoxy groups -OCH3 is 2. The summed E-state index contributed by atoms with van der Waals surface area (Å²) in [7, 11) is -0.638. The Balaban J connectivity index is 1.49. The molecule has 2 aromatic carbocycles. The molecule has 31 heavy (non-hydrogen) atoms. The maximum Gasteiger partial charge on any atom is 0.243 e. The summed E-state index contributed by atoms with van der Waals surface area (Å²) in [5, 5.41) is 0. The molecule has 0 atom stereocenters. The zero-order valence-corrected chi connectivity index (χ0v) is 18.2. The zero-order valence-electron chi connectivity index (χ0n) is 17.4. The van der Waals surface area contributed by atoms with Crippen LogP contribution >= 0.6 is 0 Å². The molecule has 0 spiro atoms. The molecular formula is C22H24N4O4S. The van der Waals surface area contributed by atoms with Crippen molar-refractivity contribution in [3.05, 3.63) is 60.9 Å². The average molecular weight is 441 g/mol. The SMILES string of the molecule is COc1ccc(S(=O)(=O)N2CCN(c3cc(-c4ccccc4)ncn3)CC2)cc1OC. The fourth-order valence-corrected chi connectivity index (χ4v) is 5.01. The molecule has 9 heteroatoms. The van der Waals surface area contributed by atoms with Gasteiger partial charge in [-0.2, -0.15) is 4.31 Å². The summed E-state index contributed by atoms with van der Waals surface area (Å²) in [5.41, 5.74) is 1.85. The van der Waals surface area contributed by atoms with Crippen LogP contribution in [-0.4, -0.2) is 63.1 Å². The molecular weight excluding hydrogens is 416 g/mol. The number of hydrogen-bond donors (Lipinski definition) is 0. The summed E-state index contributed by atoms with van der Waals surface area (Å²) in [4.78, 5) is 11.0. The van der Waals surface area contributed by atoms with Gasteiger partial charge in [0.1, 0.15) is 12.1 Å². The van der Waals surface area contributed by atoms with E-state index in [2.05, 4.69) is 14.9 Å². The number of rotatable bonds is 6. The summed E-state index contributed by atoms with van der Waals surface area (Å²) in [5.74, 6) is 1.66. The Hall–Kier alpha value is -3.17. The molecule has 162 valence electrons. The highest BCUT2D eigenvalue weighted by atomic mass is 32.2. The summed E-state index contributed by atoms with van der Waals surface area (Å²) in [6.07, 6.45) is 1.55. The molecule has 2 heterocycles. The Bertz CT molecular complexity index is 1150. The minimum Gasteiger partial charge on any atom is -0.493 e. The van der Waals surface area contributed by atoms with Gasteiger partial charge in [0.15, 0.2) is 11.5 Å². The minimum atomic E-state index is -3.64. The van der Waals surface area contributed by atoms with E-state index in [1.54, 1.807) is 18.5 Å². The van der Waals surface area contributed by atoms with E-state index in [9.17, 15) is 8.42 Å². The molecule has 0 N–H and O–H groups in total. The van der Waals surface area contributed by atoms with Crippen LogP contribution in [0.1, 0.15) is 0 Å². The van der Waals surface area contributed by atoms with Crippen molar-refractivity contribution in [3.8, 4) is 22.8 Å². The van der Waals surface area contributed by atoms with E-state index in [1.807, 2.05) is 36.4 Å². The molecule has 1 aliphatic rings. The quantitative estimate of drug-likeness (QED) is 0.583. The number of piperazine rings is 1. The van der Waals surface area contributed by atoms with Crippen LogP contribution < -0.4 is 14.4 Å². The lowest BCUT2D eigenvalue weighted by molar-refractivity contribution is 0.353. The van der Waals surface area contributed by atoms with E-state index in [0.717, 1.165) is 17.1 Å². The monoisotopic (exact) mass is 440 g/mol. The Labute approximate surface area is 182 Å². The summed E-state index contributed by atoms with van der Waals surface area (Å²) < 4.78 is 38.2. The Kier molecular flexibility index (Phi) is 6.06. The smallest absolute Gasteiger partial charge is 0.243 e. The summed E-state index contributed by atoms with van der Waals surface area (Å²) in [6.45, 7) is 1.80. The molecule has 8 nitrogen and oxygen atoms in total. The van der Waals surface area contributed by atoms with Crippen LogP contribution in [0.5, 0.6) is 11.5 Å². The number of aromatic nitrogens is 2. The number of nitrogens with zero attached hydrogens (tertiary/aromatic N) is 4. The van der Waals surface area contributed by atoms with Gasteiger partial charge in [-0.3, -0.25) is 0 Å². The Morgan fingerprint density at radius 2 is 1.55 bits per heavy atom. The van der Waals surface area contributed by atoms with E-state index in [4.69, 9.17) is 9.47 Å². The topological polar surface area (TPSA) is 84.9 Å². The van der Waals surface area contributed by atoms with E-state index < -0.39 is 10.0 Å². The van der Waals surface area contributed by atoms with E-state index >= 15 is 0 Å². The van der Waals surface area contributed by atoms with Crippen LogP contribution in [0.15, 0.2) is 65.8 Å². The second-order valence-electron chi connectivity index (χ2n) is 7.04. The van der Waals surface area contributed by atoms with E-state index in [-0.39, 0.29) is 4.90 Å². The van der Waals surface area contributed by atoms with Crippen molar-refractivity contribution in [1.82, 2.24) is 14.3 Å². The van der Waals surface area contributed by atoms with Gasteiger partial charge in [-0.25, -0.2) is 18.4 Å². The molecule has 1 aromatic heterocycles. The second kappa shape index (κ2) is 8.91. The van der Waals surface area contributed by atoms with Gasteiger partial charge in [0.25, 0.3) is 0 Å². The first-order valence-electron chi connectivity index (χ1n) is 9.87. The van der Waals surface area contributed by atoms with Gasteiger partial charge in [-0.15, -0.1) is 0 Å². The van der Waals surface area contributed by atoms with Crippen LogP contribution in [0, 0.1) is 0 Å². The highest BCUT2D eigenvalue weighted by Crippen LogP contribution is 2.31. The van der Waals surface area contributed by atoms with Gasteiger partial charge in [0, 0.05) is 43.9 Å². The van der Waals surface area contributed by atoms with Gasteiger partial charge in [-0.05, 0) is 12.1 Å². The second-order valence-corrected chi connectivity index (χ2v) is 8.97. The van der Waals surface area contributed by atoms with Crippen molar-refractivity contribution in [3.63, 3.8) is 0 Å². The van der Waals surface area contributed by atoms with Gasteiger partial charge in [0.2, 0.25) is 10.0 Å². The maximum absolute atomic E-state index is 13.1. The summed E-state index contributed by atoms with van der Waals surface area (Å²) in [6, 6.07) is 16.5. The number of sulfonamides is 1. The number of benzene rings is 2. The third-order valence-corrected chi connectivity index (χ3v) is 7.17. The van der Waals surface area contributed by atoms with Crippen molar-refractivity contribution < 1.29 is 17.9 Å². The van der Waals surface area contributed by atoms with Crippen LogP contribution in [0.2, 0.25) is 0 Å². The lowest BCUT2D eigenvalue weighted by Gasteiger charge is -2.34. The number of anilines is 1. The molecule has 3 aromatic rings. The predicted molar refractivity (Wildman–Crippen MR) is 118 cm³/mol. The fraction of sp³-hybridized carbons (Fsp3) is 0.273. The van der Waals surface area contributed by atoms with Crippen molar-refractivity contribution in [2.45, 2.75) is 4.90 Å². The molecule has 0 saturated carbocycles. The third kappa shape index (κ3) is 4.33. The van der Waals surface area contributed by atoms with Gasteiger partial charge in [0.05, 0.1) is 24.8 Å². The van der Waals surface area contributed by atoms with Crippen molar-refractivity contribution in [2.75, 3.05) is 45.3 Å². The lowest BCUT2D eigenvalue weighted by atomic mass is 10.1. The number of ether oxygens (including phenoxy) is 2. The maximum atomic E-state index is 13.1. The van der Waals surface area contributed by atoms with E-state index in [1.165, 1.54) is 24.6 Å². The molecule has 1 fully saturated rings. The summed E-state index contributed by atoms with van der Waals surface area (Å²) >= 11 is 0. The van der Waals surface area contributed by atoms with Gasteiger partial charge < -0.3 is 14.4 Å².